The molecule has 6 heteroatoms. The van der Waals surface area contributed by atoms with Gasteiger partial charge in [-0.1, -0.05) is 23.7 Å². The first kappa shape index (κ1) is 14.7. The predicted molar refractivity (Wildman–Crippen MR) is 94.4 cm³/mol. The van der Waals surface area contributed by atoms with Crippen molar-refractivity contribution in [3.8, 4) is 0 Å². The number of hydrogen-bond donors (Lipinski definition) is 1. The van der Waals surface area contributed by atoms with Crippen LogP contribution in [0.1, 0.15) is 18.5 Å². The lowest BCUT2D eigenvalue weighted by molar-refractivity contribution is 0.261. The maximum absolute atomic E-state index is 6.40. The van der Waals surface area contributed by atoms with Gasteiger partial charge in [0.05, 0.1) is 11.2 Å². The SMILES string of the molecule is Cc1nn2c(nc(NC3CCCN(C)C3)c3ccccc32)c1Cl. The van der Waals surface area contributed by atoms with Crippen molar-refractivity contribution >= 4 is 34.0 Å². The molecule has 4 rings (SSSR count). The highest BCUT2D eigenvalue weighted by atomic mass is 35.5. The number of nitrogens with one attached hydrogen (secondary N) is 1. The first-order valence-electron chi connectivity index (χ1n) is 8.02. The fourth-order valence-corrected chi connectivity index (χ4v) is 3.53. The number of likely N-dealkylation sites (tertiary alicyclic amines) is 1. The Kier molecular flexibility index (Phi) is 3.62. The molecule has 1 atom stereocenters. The minimum Gasteiger partial charge on any atom is -0.365 e. The number of fused-ring (bicyclic) bond motifs is 3. The Hall–Kier alpha value is -1.85. The molecule has 1 saturated heterocycles. The molecule has 0 radical (unpaired) electrons. The van der Waals surface area contributed by atoms with Crippen molar-refractivity contribution in [2.75, 3.05) is 25.5 Å². The van der Waals surface area contributed by atoms with Crippen LogP contribution in [0.3, 0.4) is 0 Å². The molecule has 0 saturated carbocycles. The summed E-state index contributed by atoms with van der Waals surface area (Å²) < 4.78 is 1.84. The highest BCUT2D eigenvalue weighted by molar-refractivity contribution is 6.34. The molecule has 0 aliphatic carbocycles. The third-order valence-electron chi connectivity index (χ3n) is 4.53. The monoisotopic (exact) mass is 329 g/mol. The molecule has 23 heavy (non-hydrogen) atoms. The van der Waals surface area contributed by atoms with E-state index in [9.17, 15) is 0 Å². The molecule has 1 unspecified atom stereocenters. The summed E-state index contributed by atoms with van der Waals surface area (Å²) in [6, 6.07) is 8.61. The minimum atomic E-state index is 0.412. The number of hydrogen-bond acceptors (Lipinski definition) is 4. The van der Waals surface area contributed by atoms with Gasteiger partial charge in [-0.3, -0.25) is 0 Å². The van der Waals surface area contributed by atoms with Gasteiger partial charge < -0.3 is 10.2 Å². The zero-order valence-corrected chi connectivity index (χ0v) is 14.1. The van der Waals surface area contributed by atoms with Crippen molar-refractivity contribution in [2.45, 2.75) is 25.8 Å². The number of rotatable bonds is 2. The number of anilines is 1. The summed E-state index contributed by atoms with van der Waals surface area (Å²) in [6.45, 7) is 4.11. The van der Waals surface area contributed by atoms with Crippen LogP contribution in [0.25, 0.3) is 16.6 Å². The van der Waals surface area contributed by atoms with E-state index >= 15 is 0 Å². The number of piperidine rings is 1. The predicted octanol–water partition coefficient (Wildman–Crippen LogP) is 3.35. The van der Waals surface area contributed by atoms with E-state index in [1.807, 2.05) is 23.6 Å². The summed E-state index contributed by atoms with van der Waals surface area (Å²) in [5.74, 6) is 0.898. The van der Waals surface area contributed by atoms with E-state index in [-0.39, 0.29) is 0 Å². The smallest absolute Gasteiger partial charge is 0.176 e. The van der Waals surface area contributed by atoms with E-state index in [0.717, 1.165) is 41.0 Å². The molecule has 0 bridgehead atoms. The van der Waals surface area contributed by atoms with Gasteiger partial charge in [0.15, 0.2) is 5.65 Å². The molecule has 1 aromatic carbocycles. The van der Waals surface area contributed by atoms with Gasteiger partial charge in [-0.2, -0.15) is 5.10 Å². The Balaban J connectivity index is 1.85. The van der Waals surface area contributed by atoms with Crippen LogP contribution in [0, 0.1) is 6.92 Å². The molecule has 3 heterocycles. The number of aromatic nitrogens is 3. The zero-order chi connectivity index (χ0) is 16.0. The third-order valence-corrected chi connectivity index (χ3v) is 4.98. The summed E-state index contributed by atoms with van der Waals surface area (Å²) in [5.41, 5.74) is 2.55. The molecule has 0 amide bonds. The van der Waals surface area contributed by atoms with Crippen molar-refractivity contribution < 1.29 is 0 Å². The fraction of sp³-hybridized carbons (Fsp3) is 0.412. The molecule has 0 spiro atoms. The zero-order valence-electron chi connectivity index (χ0n) is 13.4. The van der Waals surface area contributed by atoms with Gasteiger partial charge in [0.25, 0.3) is 0 Å². The first-order valence-corrected chi connectivity index (χ1v) is 8.40. The highest BCUT2D eigenvalue weighted by Crippen LogP contribution is 2.29. The molecule has 1 N–H and O–H groups in total. The lowest BCUT2D eigenvalue weighted by Crippen LogP contribution is -2.40. The molecule has 1 aliphatic heterocycles. The quantitative estimate of drug-likeness (QED) is 0.783. The molecule has 1 aliphatic rings. The van der Waals surface area contributed by atoms with Crippen molar-refractivity contribution in [2.24, 2.45) is 0 Å². The Bertz CT molecular complexity index is 872. The molecular formula is C17H20ClN5. The Morgan fingerprint density at radius 3 is 2.96 bits per heavy atom. The van der Waals surface area contributed by atoms with E-state index in [0.29, 0.717) is 11.1 Å². The number of halogens is 1. The normalized spacial score (nSPS) is 19.5. The number of aryl methyl sites for hydroxylation is 1. The average molecular weight is 330 g/mol. The first-order chi connectivity index (χ1) is 11.1. The van der Waals surface area contributed by atoms with Crippen LogP contribution in [-0.4, -0.2) is 45.7 Å². The second-order valence-corrected chi connectivity index (χ2v) is 6.74. The summed E-state index contributed by atoms with van der Waals surface area (Å²) in [6.07, 6.45) is 2.37. The van der Waals surface area contributed by atoms with Gasteiger partial charge in [0.2, 0.25) is 0 Å². The van der Waals surface area contributed by atoms with Gasteiger partial charge in [-0.15, -0.1) is 0 Å². The summed E-state index contributed by atoms with van der Waals surface area (Å²) in [7, 11) is 2.17. The van der Waals surface area contributed by atoms with Crippen LogP contribution in [0.15, 0.2) is 24.3 Å². The standard InChI is InChI=1S/C17H20ClN5/c1-11-15(18)17-20-16(19-12-6-5-9-22(2)10-12)13-7-3-4-8-14(13)23(17)21-11/h3-4,7-8,12H,5-6,9-10H2,1-2H3,(H,19,20). The van der Waals surface area contributed by atoms with E-state index in [2.05, 4.69) is 34.5 Å². The number of para-hydroxylation sites is 1. The molecule has 5 nitrogen and oxygen atoms in total. The van der Waals surface area contributed by atoms with Crippen molar-refractivity contribution in [1.82, 2.24) is 19.5 Å². The minimum absolute atomic E-state index is 0.412. The van der Waals surface area contributed by atoms with Gasteiger partial charge >= 0.3 is 0 Å². The van der Waals surface area contributed by atoms with Crippen molar-refractivity contribution in [3.05, 3.63) is 35.0 Å². The topological polar surface area (TPSA) is 45.5 Å². The number of nitrogens with zero attached hydrogens (tertiary/aromatic N) is 4. The Morgan fingerprint density at radius 2 is 2.13 bits per heavy atom. The van der Waals surface area contributed by atoms with Crippen LogP contribution in [0.2, 0.25) is 5.02 Å². The Morgan fingerprint density at radius 1 is 1.30 bits per heavy atom. The van der Waals surface area contributed by atoms with E-state index in [1.54, 1.807) is 0 Å². The van der Waals surface area contributed by atoms with Gasteiger partial charge in [-0.05, 0) is 45.5 Å². The molecular weight excluding hydrogens is 310 g/mol. The summed E-state index contributed by atoms with van der Waals surface area (Å²) in [5, 5.41) is 9.86. The van der Waals surface area contributed by atoms with Crippen LogP contribution >= 0.6 is 11.6 Å². The second kappa shape index (κ2) is 5.65. The lowest BCUT2D eigenvalue weighted by atomic mass is 10.1. The van der Waals surface area contributed by atoms with Crippen LogP contribution in [0.5, 0.6) is 0 Å². The highest BCUT2D eigenvalue weighted by Gasteiger charge is 2.20. The van der Waals surface area contributed by atoms with Crippen molar-refractivity contribution in [1.29, 1.82) is 0 Å². The summed E-state index contributed by atoms with van der Waals surface area (Å²) in [4.78, 5) is 7.14. The van der Waals surface area contributed by atoms with E-state index < -0.39 is 0 Å². The van der Waals surface area contributed by atoms with Gasteiger partial charge in [0.1, 0.15) is 10.8 Å². The second-order valence-electron chi connectivity index (χ2n) is 6.36. The Labute approximate surface area is 140 Å². The lowest BCUT2D eigenvalue weighted by Gasteiger charge is -2.30. The molecule has 2 aromatic heterocycles. The average Bonchev–Trinajstić information content (AvgIpc) is 2.83. The van der Waals surface area contributed by atoms with Crippen LogP contribution < -0.4 is 5.32 Å². The van der Waals surface area contributed by atoms with Gasteiger partial charge in [-0.25, -0.2) is 9.50 Å². The summed E-state index contributed by atoms with van der Waals surface area (Å²) >= 11 is 6.40. The van der Waals surface area contributed by atoms with Gasteiger partial charge in [0, 0.05) is 18.0 Å². The third kappa shape index (κ3) is 2.54. The fourth-order valence-electron chi connectivity index (χ4n) is 3.37. The van der Waals surface area contributed by atoms with Crippen molar-refractivity contribution in [3.63, 3.8) is 0 Å². The molecule has 3 aromatic rings. The van der Waals surface area contributed by atoms with E-state index in [1.165, 1.54) is 13.0 Å². The van der Waals surface area contributed by atoms with E-state index in [4.69, 9.17) is 16.6 Å². The largest absolute Gasteiger partial charge is 0.365 e. The van der Waals surface area contributed by atoms with Crippen LogP contribution in [-0.2, 0) is 0 Å². The molecule has 120 valence electrons. The van der Waals surface area contributed by atoms with Crippen LogP contribution in [0.4, 0.5) is 5.82 Å². The molecule has 1 fully saturated rings. The maximum atomic E-state index is 6.40. The number of benzene rings is 1. The number of likely N-dealkylation sites (N-methyl/N-ethyl adjacent to an activating group) is 1. The maximum Gasteiger partial charge on any atom is 0.176 e.